The minimum absolute atomic E-state index is 0.0399. The number of non-ortho nitro benzene ring substituents is 1. The molecule has 0 spiro atoms. The van der Waals surface area contributed by atoms with Gasteiger partial charge in [0.1, 0.15) is 6.04 Å². The molecule has 1 atom stereocenters. The van der Waals surface area contributed by atoms with Gasteiger partial charge >= 0.3 is 5.97 Å². The van der Waals surface area contributed by atoms with E-state index >= 15 is 0 Å². The molecule has 2 rings (SSSR count). The molecule has 0 saturated heterocycles. The summed E-state index contributed by atoms with van der Waals surface area (Å²) in [4.78, 5) is 33.7. The summed E-state index contributed by atoms with van der Waals surface area (Å²) in [5.41, 5.74) is 0.582. The summed E-state index contributed by atoms with van der Waals surface area (Å²) in [7, 11) is 0. The van der Waals surface area contributed by atoms with Crippen LogP contribution in [-0.4, -0.2) is 27.9 Å². The lowest BCUT2D eigenvalue weighted by Crippen LogP contribution is -2.42. The van der Waals surface area contributed by atoms with Crippen molar-refractivity contribution in [3.05, 3.63) is 73.3 Å². The lowest BCUT2D eigenvalue weighted by molar-refractivity contribution is -0.384. The van der Waals surface area contributed by atoms with Crippen LogP contribution in [0.4, 0.5) is 5.69 Å². The van der Waals surface area contributed by atoms with E-state index in [2.05, 4.69) is 27.9 Å². The number of benzene rings is 2. The highest BCUT2D eigenvalue weighted by Crippen LogP contribution is 2.14. The minimum Gasteiger partial charge on any atom is -0.480 e. The number of nitrogens with zero attached hydrogens (tertiary/aromatic N) is 1. The van der Waals surface area contributed by atoms with E-state index in [9.17, 15) is 24.8 Å². The number of aliphatic carboxylic acids is 1. The van der Waals surface area contributed by atoms with Crippen molar-refractivity contribution in [3.8, 4) is 0 Å². The summed E-state index contributed by atoms with van der Waals surface area (Å²) < 4.78 is 0.958. The van der Waals surface area contributed by atoms with Gasteiger partial charge in [-0.2, -0.15) is 0 Å². The lowest BCUT2D eigenvalue weighted by atomic mass is 10.1. The third-order valence-corrected chi connectivity index (χ3v) is 3.92. The van der Waals surface area contributed by atoms with Crippen LogP contribution in [0.1, 0.15) is 15.9 Å². The molecule has 7 nitrogen and oxygen atoms in total. The fraction of sp³-hybridized carbons (Fsp3) is 0.125. The smallest absolute Gasteiger partial charge is 0.326 e. The van der Waals surface area contributed by atoms with Crippen LogP contribution in [0.5, 0.6) is 0 Å². The molecule has 0 unspecified atom stereocenters. The molecule has 2 aromatic carbocycles. The highest BCUT2D eigenvalue weighted by Gasteiger charge is 2.22. The van der Waals surface area contributed by atoms with Gasteiger partial charge in [0.05, 0.1) is 4.92 Å². The SMILES string of the molecule is O=C(N[C@H](Cc1cccc(I)c1)C(=O)O)c1cccc([N+](=O)[O-])c1. The fourth-order valence-corrected chi connectivity index (χ4v) is 2.71. The zero-order valence-corrected chi connectivity index (χ0v) is 14.5. The Morgan fingerprint density at radius 3 is 2.54 bits per heavy atom. The van der Waals surface area contributed by atoms with Crippen molar-refractivity contribution in [2.75, 3.05) is 0 Å². The van der Waals surface area contributed by atoms with E-state index in [0.717, 1.165) is 15.2 Å². The maximum absolute atomic E-state index is 12.2. The first kappa shape index (κ1) is 17.9. The molecule has 8 heteroatoms. The highest BCUT2D eigenvalue weighted by molar-refractivity contribution is 14.1. The van der Waals surface area contributed by atoms with Gasteiger partial charge in [0.15, 0.2) is 0 Å². The molecule has 124 valence electrons. The van der Waals surface area contributed by atoms with Gasteiger partial charge in [-0.25, -0.2) is 4.79 Å². The number of nitro groups is 1. The van der Waals surface area contributed by atoms with Crippen molar-refractivity contribution in [1.82, 2.24) is 5.32 Å². The van der Waals surface area contributed by atoms with E-state index < -0.39 is 22.8 Å². The van der Waals surface area contributed by atoms with Crippen LogP contribution in [0.15, 0.2) is 48.5 Å². The van der Waals surface area contributed by atoms with Crippen molar-refractivity contribution in [1.29, 1.82) is 0 Å². The third kappa shape index (κ3) is 4.75. The number of carbonyl (C=O) groups excluding carboxylic acids is 1. The molecule has 0 saturated carbocycles. The topological polar surface area (TPSA) is 110 Å². The Hall–Kier alpha value is -2.49. The first-order valence-corrected chi connectivity index (χ1v) is 7.97. The van der Waals surface area contributed by atoms with Gasteiger partial charge in [-0.3, -0.25) is 14.9 Å². The van der Waals surface area contributed by atoms with E-state index in [4.69, 9.17) is 0 Å². The standard InChI is InChI=1S/C16H13IN2O5/c17-12-5-1-3-10(7-12)8-14(16(21)22)18-15(20)11-4-2-6-13(9-11)19(23)24/h1-7,9,14H,8H2,(H,18,20)(H,21,22)/t14-/m1/s1. The first-order valence-electron chi connectivity index (χ1n) is 6.89. The molecule has 2 aromatic rings. The maximum Gasteiger partial charge on any atom is 0.326 e. The van der Waals surface area contributed by atoms with Crippen molar-refractivity contribution in [2.45, 2.75) is 12.5 Å². The van der Waals surface area contributed by atoms with Crippen LogP contribution < -0.4 is 5.32 Å². The minimum atomic E-state index is -1.17. The van der Waals surface area contributed by atoms with E-state index in [1.54, 1.807) is 12.1 Å². The molecule has 1 amide bonds. The van der Waals surface area contributed by atoms with Gasteiger partial charge in [-0.05, 0) is 46.4 Å². The van der Waals surface area contributed by atoms with Crippen molar-refractivity contribution in [3.63, 3.8) is 0 Å². The summed E-state index contributed by atoms with van der Waals surface area (Å²) in [5.74, 6) is -1.84. The molecule has 0 fully saturated rings. The van der Waals surface area contributed by atoms with Crippen LogP contribution in [0.3, 0.4) is 0 Å². The van der Waals surface area contributed by atoms with E-state index in [1.807, 2.05) is 12.1 Å². The Bertz CT molecular complexity index is 794. The van der Waals surface area contributed by atoms with E-state index in [0.29, 0.717) is 0 Å². The Morgan fingerprint density at radius 1 is 1.21 bits per heavy atom. The molecule has 0 aromatic heterocycles. The molecule has 0 bridgehead atoms. The molecular weight excluding hydrogens is 427 g/mol. The first-order chi connectivity index (χ1) is 11.4. The second-order valence-corrected chi connectivity index (χ2v) is 6.25. The van der Waals surface area contributed by atoms with Crippen molar-refractivity contribution >= 4 is 40.2 Å². The van der Waals surface area contributed by atoms with Crippen molar-refractivity contribution < 1.29 is 19.6 Å². The Morgan fingerprint density at radius 2 is 1.92 bits per heavy atom. The van der Waals surface area contributed by atoms with Gasteiger partial charge < -0.3 is 10.4 Å². The number of hydrogen-bond donors (Lipinski definition) is 2. The monoisotopic (exact) mass is 440 g/mol. The lowest BCUT2D eigenvalue weighted by Gasteiger charge is -2.15. The number of carboxylic acids is 1. The Balaban J connectivity index is 2.15. The second kappa shape index (κ2) is 7.86. The Labute approximate surface area is 151 Å². The quantitative estimate of drug-likeness (QED) is 0.408. The number of nitrogens with one attached hydrogen (secondary N) is 1. The summed E-state index contributed by atoms with van der Waals surface area (Å²) >= 11 is 2.12. The van der Waals surface area contributed by atoms with E-state index in [1.165, 1.54) is 18.2 Å². The van der Waals surface area contributed by atoms with Crippen LogP contribution in [0, 0.1) is 13.7 Å². The van der Waals surface area contributed by atoms with Crippen LogP contribution in [-0.2, 0) is 11.2 Å². The highest BCUT2D eigenvalue weighted by atomic mass is 127. The van der Waals surface area contributed by atoms with Crippen LogP contribution in [0.2, 0.25) is 0 Å². The number of hydrogen-bond acceptors (Lipinski definition) is 4. The summed E-state index contributed by atoms with van der Waals surface area (Å²) in [5, 5.41) is 22.5. The van der Waals surface area contributed by atoms with Gasteiger partial charge in [-0.1, -0.05) is 18.2 Å². The fourth-order valence-electron chi connectivity index (χ4n) is 2.10. The molecule has 0 aliphatic carbocycles. The second-order valence-electron chi connectivity index (χ2n) is 5.01. The van der Waals surface area contributed by atoms with Crippen molar-refractivity contribution in [2.24, 2.45) is 0 Å². The molecule has 0 aliphatic rings. The number of amides is 1. The van der Waals surface area contributed by atoms with Gasteiger partial charge in [-0.15, -0.1) is 0 Å². The zero-order chi connectivity index (χ0) is 17.7. The van der Waals surface area contributed by atoms with E-state index in [-0.39, 0.29) is 17.7 Å². The van der Waals surface area contributed by atoms with Crippen LogP contribution in [0.25, 0.3) is 0 Å². The average molecular weight is 440 g/mol. The average Bonchev–Trinajstić information content (AvgIpc) is 2.54. The summed E-state index contributed by atoms with van der Waals surface area (Å²) in [6, 6.07) is 11.3. The molecule has 2 N–H and O–H groups in total. The number of carbonyl (C=O) groups is 2. The number of nitro benzene ring substituents is 1. The van der Waals surface area contributed by atoms with Gasteiger partial charge in [0, 0.05) is 27.7 Å². The largest absolute Gasteiger partial charge is 0.480 e. The summed E-state index contributed by atoms with van der Waals surface area (Å²) in [6.45, 7) is 0. The molecule has 0 heterocycles. The zero-order valence-electron chi connectivity index (χ0n) is 12.3. The molecule has 0 aliphatic heterocycles. The molecule has 24 heavy (non-hydrogen) atoms. The number of halogens is 1. The number of carboxylic acid groups (broad SMARTS) is 1. The third-order valence-electron chi connectivity index (χ3n) is 3.25. The predicted octanol–water partition coefficient (Wildman–Crippen LogP) is 2.63. The van der Waals surface area contributed by atoms with Gasteiger partial charge in [0.2, 0.25) is 0 Å². The Kier molecular flexibility index (Phi) is 5.85. The predicted molar refractivity (Wildman–Crippen MR) is 94.8 cm³/mol. The normalized spacial score (nSPS) is 11.5. The summed E-state index contributed by atoms with van der Waals surface area (Å²) in [6.07, 6.45) is 0.118. The molecule has 0 radical (unpaired) electrons. The number of rotatable bonds is 6. The van der Waals surface area contributed by atoms with Crippen LogP contribution >= 0.6 is 22.6 Å². The molecular formula is C16H13IN2O5. The van der Waals surface area contributed by atoms with Gasteiger partial charge in [0.25, 0.3) is 11.6 Å². The maximum atomic E-state index is 12.2.